The highest BCUT2D eigenvalue weighted by Crippen LogP contribution is 2.32. The van der Waals surface area contributed by atoms with E-state index in [1.165, 1.54) is 16.3 Å². The molecule has 0 spiro atoms. The molecule has 1 aliphatic rings. The van der Waals surface area contributed by atoms with E-state index in [0.717, 1.165) is 44.9 Å². The Hall–Kier alpha value is -2.11. The molecule has 27 heavy (non-hydrogen) atoms. The van der Waals surface area contributed by atoms with Crippen LogP contribution in [0.15, 0.2) is 47.5 Å². The second-order valence-electron chi connectivity index (χ2n) is 7.29. The second-order valence-corrected chi connectivity index (χ2v) is 7.29. The molecule has 1 fully saturated rings. The molecule has 5 heteroatoms. The highest BCUT2D eigenvalue weighted by molar-refractivity contribution is 5.85. The number of benzene rings is 2. The van der Waals surface area contributed by atoms with Crippen molar-refractivity contribution in [1.82, 2.24) is 10.6 Å². The quantitative estimate of drug-likeness (QED) is 0.494. The van der Waals surface area contributed by atoms with Gasteiger partial charge in [-0.1, -0.05) is 42.5 Å². The predicted molar refractivity (Wildman–Crippen MR) is 111 cm³/mol. The number of aliphatic hydroxyl groups is 1. The lowest BCUT2D eigenvalue weighted by atomic mass is 9.84. The fraction of sp³-hybridized carbons (Fsp3) is 0.500. The minimum atomic E-state index is -0.0211. The van der Waals surface area contributed by atoms with Crippen LogP contribution in [0.2, 0.25) is 0 Å². The third-order valence-corrected chi connectivity index (χ3v) is 5.31. The molecule has 1 unspecified atom stereocenters. The highest BCUT2D eigenvalue weighted by Gasteiger charge is 2.34. The van der Waals surface area contributed by atoms with Crippen molar-refractivity contribution in [1.29, 1.82) is 0 Å². The van der Waals surface area contributed by atoms with E-state index in [1.54, 1.807) is 0 Å². The molecule has 0 amide bonds. The Morgan fingerprint density at radius 2 is 2.04 bits per heavy atom. The highest BCUT2D eigenvalue weighted by atomic mass is 16.5. The van der Waals surface area contributed by atoms with Crippen molar-refractivity contribution >= 4 is 16.7 Å². The van der Waals surface area contributed by atoms with E-state index in [9.17, 15) is 5.11 Å². The van der Waals surface area contributed by atoms with Crippen molar-refractivity contribution < 1.29 is 9.84 Å². The van der Waals surface area contributed by atoms with E-state index in [0.29, 0.717) is 13.2 Å². The van der Waals surface area contributed by atoms with Crippen LogP contribution < -0.4 is 10.6 Å². The van der Waals surface area contributed by atoms with Gasteiger partial charge in [-0.05, 0) is 42.5 Å². The Labute approximate surface area is 161 Å². The normalized spacial score (nSPS) is 20.1. The van der Waals surface area contributed by atoms with Crippen molar-refractivity contribution in [2.75, 3.05) is 39.5 Å². The van der Waals surface area contributed by atoms with Crippen LogP contribution in [-0.2, 0) is 11.2 Å². The van der Waals surface area contributed by atoms with Gasteiger partial charge in [-0.15, -0.1) is 0 Å². The number of hydrogen-bond acceptors (Lipinski definition) is 3. The fourth-order valence-corrected chi connectivity index (χ4v) is 3.70. The maximum absolute atomic E-state index is 9.38. The first-order valence-electron chi connectivity index (χ1n) is 9.94. The first-order valence-corrected chi connectivity index (χ1v) is 9.94. The van der Waals surface area contributed by atoms with Crippen molar-refractivity contribution in [2.24, 2.45) is 10.4 Å². The summed E-state index contributed by atoms with van der Waals surface area (Å²) in [6.07, 6.45) is 2.65. The molecule has 2 aromatic rings. The molecule has 0 saturated carbocycles. The van der Waals surface area contributed by atoms with E-state index >= 15 is 0 Å². The van der Waals surface area contributed by atoms with Crippen molar-refractivity contribution in [3.8, 4) is 0 Å². The monoisotopic (exact) mass is 369 g/mol. The summed E-state index contributed by atoms with van der Waals surface area (Å²) in [5.74, 6) is 0.835. The first kappa shape index (κ1) is 19.6. The number of nitrogens with one attached hydrogen (secondary N) is 2. The van der Waals surface area contributed by atoms with Crippen LogP contribution >= 0.6 is 0 Å². The largest absolute Gasteiger partial charge is 0.396 e. The van der Waals surface area contributed by atoms with E-state index in [2.05, 4.69) is 60.0 Å². The third-order valence-electron chi connectivity index (χ3n) is 5.31. The summed E-state index contributed by atoms with van der Waals surface area (Å²) in [6, 6.07) is 15.0. The Bertz CT molecular complexity index is 749. The number of ether oxygens (including phenoxy) is 1. The standard InChI is InChI=1S/C22H31N3O2/c1-2-23-21(25-16-22(11-14-26)12-15-27-17-22)24-13-10-19-8-5-7-18-6-3-4-9-20(18)19/h3-9,26H,2,10-17H2,1H3,(H2,23,24,25). The van der Waals surface area contributed by atoms with Crippen LogP contribution in [0.5, 0.6) is 0 Å². The average Bonchev–Trinajstić information content (AvgIpc) is 3.15. The zero-order valence-electron chi connectivity index (χ0n) is 16.2. The lowest BCUT2D eigenvalue weighted by Crippen LogP contribution is -2.39. The minimum absolute atomic E-state index is 0.0211. The molecule has 0 bridgehead atoms. The number of hydrogen-bond donors (Lipinski definition) is 3. The van der Waals surface area contributed by atoms with Crippen molar-refractivity contribution in [3.63, 3.8) is 0 Å². The molecule has 1 heterocycles. The summed E-state index contributed by atoms with van der Waals surface area (Å²) in [6.45, 7) is 6.03. The number of aliphatic imine (C=N–C) groups is 1. The Balaban J connectivity index is 1.61. The van der Waals surface area contributed by atoms with Gasteiger partial charge < -0.3 is 20.5 Å². The molecule has 3 rings (SSSR count). The number of fused-ring (bicyclic) bond motifs is 1. The van der Waals surface area contributed by atoms with Crippen LogP contribution in [0.1, 0.15) is 25.3 Å². The summed E-state index contributed by atoms with van der Waals surface area (Å²) in [4.78, 5) is 4.78. The second kappa shape index (κ2) is 9.72. The van der Waals surface area contributed by atoms with Gasteiger partial charge in [0.1, 0.15) is 0 Å². The van der Waals surface area contributed by atoms with E-state index in [-0.39, 0.29) is 12.0 Å². The van der Waals surface area contributed by atoms with E-state index in [1.807, 2.05) is 0 Å². The molecular weight excluding hydrogens is 338 g/mol. The molecule has 146 valence electrons. The zero-order valence-corrected chi connectivity index (χ0v) is 16.2. The summed E-state index contributed by atoms with van der Waals surface area (Å²) in [5.41, 5.74) is 1.32. The summed E-state index contributed by atoms with van der Waals surface area (Å²) in [7, 11) is 0. The molecule has 5 nitrogen and oxygen atoms in total. The zero-order chi connectivity index (χ0) is 19.0. The van der Waals surface area contributed by atoms with Crippen LogP contribution in [-0.4, -0.2) is 50.5 Å². The van der Waals surface area contributed by atoms with Crippen LogP contribution in [0.25, 0.3) is 10.8 Å². The Kier molecular flexibility index (Phi) is 7.07. The van der Waals surface area contributed by atoms with Gasteiger partial charge in [0.25, 0.3) is 0 Å². The molecule has 2 aromatic carbocycles. The molecule has 0 aromatic heterocycles. The number of nitrogens with zero attached hydrogens (tertiary/aromatic N) is 1. The average molecular weight is 370 g/mol. The predicted octanol–water partition coefficient (Wildman–Crippen LogP) is 2.73. The third kappa shape index (κ3) is 5.21. The van der Waals surface area contributed by atoms with Gasteiger partial charge in [-0.3, -0.25) is 4.99 Å². The Morgan fingerprint density at radius 3 is 2.81 bits per heavy atom. The van der Waals surface area contributed by atoms with Gasteiger partial charge in [-0.2, -0.15) is 0 Å². The summed E-state index contributed by atoms with van der Waals surface area (Å²) < 4.78 is 5.56. The molecule has 3 N–H and O–H groups in total. The molecule has 1 atom stereocenters. The van der Waals surface area contributed by atoms with Gasteiger partial charge in [0.15, 0.2) is 5.96 Å². The number of aliphatic hydroxyl groups excluding tert-OH is 1. The molecule has 1 saturated heterocycles. The molecule has 0 radical (unpaired) electrons. The van der Waals surface area contributed by atoms with Crippen LogP contribution in [0.4, 0.5) is 0 Å². The van der Waals surface area contributed by atoms with E-state index in [4.69, 9.17) is 9.73 Å². The van der Waals surface area contributed by atoms with Crippen LogP contribution in [0.3, 0.4) is 0 Å². The number of rotatable bonds is 8. The Morgan fingerprint density at radius 1 is 1.19 bits per heavy atom. The van der Waals surface area contributed by atoms with E-state index < -0.39 is 0 Å². The molecular formula is C22H31N3O2. The number of guanidine groups is 1. The first-order chi connectivity index (χ1) is 13.3. The van der Waals surface area contributed by atoms with Crippen LogP contribution in [0, 0.1) is 5.41 Å². The van der Waals surface area contributed by atoms with Gasteiger partial charge in [0.05, 0.1) is 13.2 Å². The topological polar surface area (TPSA) is 65.9 Å². The maximum atomic E-state index is 9.38. The maximum Gasteiger partial charge on any atom is 0.191 e. The minimum Gasteiger partial charge on any atom is -0.396 e. The summed E-state index contributed by atoms with van der Waals surface area (Å²) in [5, 5.41) is 18.8. The lowest BCUT2D eigenvalue weighted by Gasteiger charge is -2.24. The van der Waals surface area contributed by atoms with Crippen molar-refractivity contribution in [3.05, 3.63) is 48.0 Å². The van der Waals surface area contributed by atoms with Gasteiger partial charge in [-0.25, -0.2) is 0 Å². The van der Waals surface area contributed by atoms with Gasteiger partial charge >= 0.3 is 0 Å². The van der Waals surface area contributed by atoms with Crippen molar-refractivity contribution in [2.45, 2.75) is 26.2 Å². The van der Waals surface area contributed by atoms with Gasteiger partial charge in [0.2, 0.25) is 0 Å². The SMILES string of the molecule is CCNC(=NCC1(CCO)CCOC1)NCCc1cccc2ccccc12. The summed E-state index contributed by atoms with van der Waals surface area (Å²) >= 11 is 0. The molecule has 1 aliphatic heterocycles. The lowest BCUT2D eigenvalue weighted by molar-refractivity contribution is 0.131. The fourth-order valence-electron chi connectivity index (χ4n) is 3.70. The molecule has 0 aliphatic carbocycles. The van der Waals surface area contributed by atoms with Gasteiger partial charge in [0, 0.05) is 31.7 Å². The smallest absolute Gasteiger partial charge is 0.191 e.